The zero-order valence-corrected chi connectivity index (χ0v) is 4.48. The molecule has 0 aliphatic carbocycles. The summed E-state index contributed by atoms with van der Waals surface area (Å²) in [4.78, 5) is 0. The van der Waals surface area contributed by atoms with Crippen molar-refractivity contribution in [3.63, 3.8) is 0 Å². The molecule has 0 fully saturated rings. The van der Waals surface area contributed by atoms with Gasteiger partial charge in [0.1, 0.15) is 0 Å². The molecule has 45 valence electrons. The van der Waals surface area contributed by atoms with Gasteiger partial charge in [-0.15, -0.1) is 0 Å². The molecule has 1 radical (unpaired) electrons. The average Bonchev–Trinajstić information content (AvgIpc) is 0.811. The van der Waals surface area contributed by atoms with Crippen LogP contribution in [0.25, 0.3) is 0 Å². The molecular weight excluding hydrogens is 244 g/mol. The molecule has 0 saturated heterocycles. The van der Waals surface area contributed by atoms with Crippen LogP contribution in [0, 0.1) is 36.9 Å². The molecule has 0 bridgehead atoms. The Balaban J connectivity index is -0.0000000450. The van der Waals surface area contributed by atoms with Gasteiger partial charge in [0.25, 0.3) is 0 Å². The van der Waals surface area contributed by atoms with Gasteiger partial charge < -0.3 is 20.5 Å². The molecule has 6 heavy (non-hydrogen) atoms. The van der Waals surface area contributed by atoms with Gasteiger partial charge in [-0.05, 0) is 0 Å². The Bertz CT molecular complexity index is 12.3. The van der Waals surface area contributed by atoms with E-state index in [4.69, 9.17) is 15.1 Å². The molecule has 0 spiro atoms. The molecule has 0 atom stereocenters. The average molecular weight is 249 g/mol. The van der Waals surface area contributed by atoms with Crippen LogP contribution in [0.15, 0.2) is 0 Å². The summed E-state index contributed by atoms with van der Waals surface area (Å²) in [6.07, 6.45) is 0. The van der Waals surface area contributed by atoms with Crippen LogP contribution in [-0.4, -0.2) is 27.9 Å². The maximum absolute atomic E-state index is 7.17. The molecule has 0 unspecified atom stereocenters. The van der Waals surface area contributed by atoms with Crippen molar-refractivity contribution in [2.75, 3.05) is 0 Å². The fourth-order valence-corrected chi connectivity index (χ4v) is 0. The summed E-state index contributed by atoms with van der Waals surface area (Å²) in [5.41, 5.74) is 0. The van der Waals surface area contributed by atoms with E-state index in [1.54, 1.807) is 0 Å². The molecule has 5 N–H and O–H groups in total. The van der Waals surface area contributed by atoms with Crippen molar-refractivity contribution in [2.24, 2.45) is 0 Å². The van der Waals surface area contributed by atoms with E-state index in [0.717, 1.165) is 0 Å². The van der Waals surface area contributed by atoms with Crippen molar-refractivity contribution in [1.29, 1.82) is 0 Å². The monoisotopic (exact) mass is 249 g/mol. The molecule has 0 aliphatic rings. The van der Waals surface area contributed by atoms with Gasteiger partial charge in [-0.3, -0.25) is 0 Å². The van der Waals surface area contributed by atoms with Crippen LogP contribution in [0.5, 0.6) is 0 Å². The Hall–Kier alpha value is 1.14. The third kappa shape index (κ3) is 67.9. The van der Waals surface area contributed by atoms with Gasteiger partial charge in [0.05, 0.1) is 0 Å². The van der Waals surface area contributed by atoms with E-state index >= 15 is 0 Å². The Morgan fingerprint density at radius 3 is 1.00 bits per heavy atom. The van der Waals surface area contributed by atoms with E-state index in [2.05, 4.69) is 0 Å². The van der Waals surface area contributed by atoms with E-state index in [9.17, 15) is 0 Å². The van der Waals surface area contributed by atoms with Gasteiger partial charge in [-0.2, -0.15) is 0 Å². The predicted molar refractivity (Wildman–Crippen MR) is 16.0 cm³/mol. The van der Waals surface area contributed by atoms with Crippen LogP contribution in [0.3, 0.4) is 0 Å². The molecule has 0 amide bonds. The van der Waals surface area contributed by atoms with E-state index in [1.807, 2.05) is 0 Å². The van der Waals surface area contributed by atoms with E-state index in [1.165, 1.54) is 0 Å². The van der Waals surface area contributed by atoms with Crippen molar-refractivity contribution < 1.29 is 57.4 Å². The van der Waals surface area contributed by atoms with Crippen LogP contribution < -0.4 is 0 Å². The van der Waals surface area contributed by atoms with Gasteiger partial charge in [-0.25, -0.2) is 0 Å². The van der Waals surface area contributed by atoms with E-state index in [0.29, 0.717) is 0 Å². The van der Waals surface area contributed by atoms with Crippen LogP contribution in [0.4, 0.5) is 0 Å². The van der Waals surface area contributed by atoms with Crippen molar-refractivity contribution >= 4 is 7.32 Å². The minimum atomic E-state index is -2.17. The molecule has 6 heteroatoms. The standard InChI is InChI=1S/BH3O3.H2O.Tm/c2-1(3)4;;/h2-4H;1H2;. The van der Waals surface area contributed by atoms with Crippen molar-refractivity contribution in [3.8, 4) is 0 Å². The number of hydrogen-bond donors (Lipinski definition) is 3. The first-order valence-electron chi connectivity index (χ1n) is 0.775. The zero-order chi connectivity index (χ0) is 3.58. The second-order valence-electron chi connectivity index (χ2n) is 0.346. The molecule has 0 aromatic rings. The van der Waals surface area contributed by atoms with E-state index in [-0.39, 0.29) is 42.4 Å². The topological polar surface area (TPSA) is 92.2 Å². The van der Waals surface area contributed by atoms with E-state index < -0.39 is 7.32 Å². The molecule has 0 aliphatic heterocycles. The molecule has 0 aromatic carbocycles. The number of rotatable bonds is 0. The molecule has 0 rings (SSSR count). The molecule has 0 heterocycles. The van der Waals surface area contributed by atoms with Gasteiger partial charge in [-0.1, -0.05) is 0 Å². The van der Waals surface area contributed by atoms with Crippen LogP contribution in [0.2, 0.25) is 0 Å². The van der Waals surface area contributed by atoms with Gasteiger partial charge in [0.2, 0.25) is 0 Å². The largest absolute Gasteiger partial charge is 0.631 e. The number of hydrogen-bond acceptors (Lipinski definition) is 3. The Morgan fingerprint density at radius 1 is 1.00 bits per heavy atom. The third-order valence-corrected chi connectivity index (χ3v) is 0. The maximum Gasteiger partial charge on any atom is 0.631 e. The fourth-order valence-electron chi connectivity index (χ4n) is 0. The summed E-state index contributed by atoms with van der Waals surface area (Å²) < 4.78 is 0. The van der Waals surface area contributed by atoms with Gasteiger partial charge >= 0.3 is 7.32 Å². The smallest absolute Gasteiger partial charge is 0.412 e. The first-order valence-corrected chi connectivity index (χ1v) is 0.775. The Kier molecular flexibility index (Phi) is 24.8. The Labute approximate surface area is 64.5 Å². The molecule has 4 nitrogen and oxygen atoms in total. The Morgan fingerprint density at radius 2 is 1.00 bits per heavy atom. The summed E-state index contributed by atoms with van der Waals surface area (Å²) in [7, 11) is -2.17. The van der Waals surface area contributed by atoms with Crippen LogP contribution in [-0.2, 0) is 0 Å². The van der Waals surface area contributed by atoms with Crippen molar-refractivity contribution in [2.45, 2.75) is 0 Å². The quantitative estimate of drug-likeness (QED) is 0.402. The predicted octanol–water partition coefficient (Wildman–Crippen LogP) is -2.88. The second-order valence-corrected chi connectivity index (χ2v) is 0.346. The molecule has 0 aromatic heterocycles. The summed E-state index contributed by atoms with van der Waals surface area (Å²) in [6, 6.07) is 0. The van der Waals surface area contributed by atoms with Gasteiger partial charge in [0, 0.05) is 36.9 Å². The van der Waals surface area contributed by atoms with Crippen LogP contribution in [0.1, 0.15) is 0 Å². The zero-order valence-electron chi connectivity index (χ0n) is 2.70. The summed E-state index contributed by atoms with van der Waals surface area (Å²) in [5, 5.41) is 21.5. The first kappa shape index (κ1) is 15.7. The summed E-state index contributed by atoms with van der Waals surface area (Å²) in [5.74, 6) is 0. The van der Waals surface area contributed by atoms with Gasteiger partial charge in [0.15, 0.2) is 0 Å². The van der Waals surface area contributed by atoms with Crippen molar-refractivity contribution in [1.82, 2.24) is 0 Å². The minimum absolute atomic E-state index is 0. The summed E-state index contributed by atoms with van der Waals surface area (Å²) >= 11 is 0. The second kappa shape index (κ2) is 9.46. The molecule has 0 saturated carbocycles. The van der Waals surface area contributed by atoms with Crippen LogP contribution >= 0.6 is 0 Å². The summed E-state index contributed by atoms with van der Waals surface area (Å²) in [6.45, 7) is 0. The molecular formula is H5BO4Tm. The minimum Gasteiger partial charge on any atom is -0.412 e. The first-order chi connectivity index (χ1) is 1.73. The fraction of sp³-hybridized carbons (Fsp3) is 0. The van der Waals surface area contributed by atoms with Crippen molar-refractivity contribution in [3.05, 3.63) is 0 Å². The third-order valence-electron chi connectivity index (χ3n) is 0. The normalized spacial score (nSPS) is 4.50. The SMILES string of the molecule is O.OB(O)O.[Tm]. The maximum atomic E-state index is 7.17.